The molecule has 4 rings (SSSR count). The first kappa shape index (κ1) is 24.3. The fourth-order valence-corrected chi connectivity index (χ4v) is 4.81. The number of aliphatic hydroxyl groups is 1. The molecular formula is C22H25Cl2N5O5. The molecule has 1 aromatic carbocycles. The fourth-order valence-electron chi connectivity index (χ4n) is 4.49. The molecule has 0 bridgehead atoms. The summed E-state index contributed by atoms with van der Waals surface area (Å²) in [4.78, 5) is 42.4. The van der Waals surface area contributed by atoms with Gasteiger partial charge in [0.15, 0.2) is 11.2 Å². The molecule has 0 radical (unpaired) electrons. The van der Waals surface area contributed by atoms with Crippen LogP contribution < -0.4 is 16.6 Å². The number of aromatic nitrogens is 4. The Bertz CT molecular complexity index is 1360. The van der Waals surface area contributed by atoms with Crippen LogP contribution in [0.15, 0.2) is 27.8 Å². The maximum Gasteiger partial charge on any atom is 0.332 e. The molecule has 2 aromatic heterocycles. The summed E-state index contributed by atoms with van der Waals surface area (Å²) in [6.45, 7) is -0.194. The van der Waals surface area contributed by atoms with Crippen LogP contribution >= 0.6 is 23.2 Å². The minimum atomic E-state index is -0.831. The summed E-state index contributed by atoms with van der Waals surface area (Å²) in [7, 11) is 1.52. The van der Waals surface area contributed by atoms with Gasteiger partial charge in [0.25, 0.3) is 5.56 Å². The van der Waals surface area contributed by atoms with Crippen molar-refractivity contribution < 1.29 is 15.0 Å². The minimum Gasteiger partial charge on any atom is -0.481 e. The highest BCUT2D eigenvalue weighted by Gasteiger charge is 2.29. The molecule has 182 valence electrons. The summed E-state index contributed by atoms with van der Waals surface area (Å²) in [5, 5.41) is 23.0. The number of fused-ring (bicyclic) bond motifs is 1. The second kappa shape index (κ2) is 9.81. The zero-order valence-electron chi connectivity index (χ0n) is 18.5. The maximum atomic E-state index is 13.4. The highest BCUT2D eigenvalue weighted by molar-refractivity contribution is 6.42. The summed E-state index contributed by atoms with van der Waals surface area (Å²) in [6.07, 6.45) is 2.56. The Labute approximate surface area is 204 Å². The van der Waals surface area contributed by atoms with E-state index in [1.54, 1.807) is 22.8 Å². The van der Waals surface area contributed by atoms with Crippen LogP contribution in [0.25, 0.3) is 11.2 Å². The van der Waals surface area contributed by atoms with E-state index in [-0.39, 0.29) is 36.9 Å². The zero-order valence-corrected chi connectivity index (χ0v) is 20.0. The molecule has 0 amide bonds. The first-order valence-electron chi connectivity index (χ1n) is 11.0. The van der Waals surface area contributed by atoms with Crippen LogP contribution in [0.2, 0.25) is 10.0 Å². The van der Waals surface area contributed by atoms with Gasteiger partial charge < -0.3 is 20.1 Å². The number of nitrogens with one attached hydrogen (secondary N) is 1. The predicted molar refractivity (Wildman–Crippen MR) is 129 cm³/mol. The highest BCUT2D eigenvalue weighted by atomic mass is 35.5. The zero-order chi connectivity index (χ0) is 24.6. The van der Waals surface area contributed by atoms with Crippen molar-refractivity contribution in [3.8, 4) is 0 Å². The van der Waals surface area contributed by atoms with Crippen molar-refractivity contribution in [2.24, 2.45) is 13.0 Å². The maximum absolute atomic E-state index is 13.4. The molecule has 3 aromatic rings. The van der Waals surface area contributed by atoms with Crippen molar-refractivity contribution in [2.45, 2.75) is 44.8 Å². The summed E-state index contributed by atoms with van der Waals surface area (Å²) in [5.74, 6) is -0.961. The Morgan fingerprint density at radius 3 is 2.65 bits per heavy atom. The number of carboxylic acids is 1. The molecule has 2 unspecified atom stereocenters. The minimum absolute atomic E-state index is 0.0195. The Morgan fingerprint density at radius 2 is 1.97 bits per heavy atom. The van der Waals surface area contributed by atoms with Crippen LogP contribution in [0, 0.1) is 5.92 Å². The number of halogens is 2. The molecule has 2 atom stereocenters. The molecule has 2 heterocycles. The molecular weight excluding hydrogens is 485 g/mol. The number of hydrogen-bond acceptors (Lipinski definition) is 6. The lowest BCUT2D eigenvalue weighted by Crippen LogP contribution is -2.40. The molecule has 0 aliphatic heterocycles. The van der Waals surface area contributed by atoms with E-state index in [1.807, 2.05) is 0 Å². The molecule has 1 aliphatic rings. The SMILES string of the molecule is Cn1c(=O)n(Cc2ccc(Cl)c(Cl)c2)c(=O)c2c1nc(NC1CCCC(C(=O)O)C1)n2CCO. The van der Waals surface area contributed by atoms with Crippen molar-refractivity contribution in [2.75, 3.05) is 11.9 Å². The quantitative estimate of drug-likeness (QED) is 0.445. The van der Waals surface area contributed by atoms with E-state index in [2.05, 4.69) is 10.3 Å². The van der Waals surface area contributed by atoms with Gasteiger partial charge in [-0.05, 0) is 37.0 Å². The molecule has 0 saturated heterocycles. The molecule has 34 heavy (non-hydrogen) atoms. The fraction of sp³-hybridized carbons (Fsp3) is 0.455. The molecule has 12 heteroatoms. The van der Waals surface area contributed by atoms with Crippen LogP contribution in [0.5, 0.6) is 0 Å². The van der Waals surface area contributed by atoms with Gasteiger partial charge >= 0.3 is 11.7 Å². The molecule has 1 saturated carbocycles. The van der Waals surface area contributed by atoms with Gasteiger partial charge in [0.05, 0.1) is 29.1 Å². The Hall–Kier alpha value is -2.82. The molecule has 1 fully saturated rings. The monoisotopic (exact) mass is 509 g/mol. The van der Waals surface area contributed by atoms with Crippen molar-refractivity contribution in [3.05, 3.63) is 54.6 Å². The van der Waals surface area contributed by atoms with E-state index in [9.17, 15) is 24.6 Å². The first-order chi connectivity index (χ1) is 16.2. The largest absolute Gasteiger partial charge is 0.481 e. The predicted octanol–water partition coefficient (Wildman–Crippen LogP) is 2.30. The normalized spacial score (nSPS) is 18.4. The lowest BCUT2D eigenvalue weighted by atomic mass is 9.86. The smallest absolute Gasteiger partial charge is 0.332 e. The topological polar surface area (TPSA) is 131 Å². The number of rotatable bonds is 7. The van der Waals surface area contributed by atoms with Gasteiger partial charge in [-0.15, -0.1) is 0 Å². The number of nitrogens with zero attached hydrogens (tertiary/aromatic N) is 4. The van der Waals surface area contributed by atoms with E-state index >= 15 is 0 Å². The third-order valence-electron chi connectivity index (χ3n) is 6.24. The number of imidazole rings is 1. The average Bonchev–Trinajstić information content (AvgIpc) is 3.16. The number of aliphatic carboxylic acids is 1. The number of anilines is 1. The lowest BCUT2D eigenvalue weighted by molar-refractivity contribution is -0.142. The van der Waals surface area contributed by atoms with E-state index in [0.717, 1.165) is 17.4 Å². The third-order valence-corrected chi connectivity index (χ3v) is 6.98. The van der Waals surface area contributed by atoms with E-state index in [0.29, 0.717) is 34.4 Å². The van der Waals surface area contributed by atoms with Crippen LogP contribution in [0.4, 0.5) is 5.95 Å². The van der Waals surface area contributed by atoms with Gasteiger partial charge in [0.1, 0.15) is 0 Å². The van der Waals surface area contributed by atoms with Gasteiger partial charge in [0.2, 0.25) is 5.95 Å². The Morgan fingerprint density at radius 1 is 1.21 bits per heavy atom. The Kier molecular flexibility index (Phi) is 7.01. The van der Waals surface area contributed by atoms with Crippen LogP contribution in [0.1, 0.15) is 31.2 Å². The summed E-state index contributed by atoms with van der Waals surface area (Å²) < 4.78 is 3.92. The van der Waals surface area contributed by atoms with E-state index in [1.165, 1.54) is 11.6 Å². The van der Waals surface area contributed by atoms with Crippen molar-refractivity contribution in [1.82, 2.24) is 18.7 Å². The summed E-state index contributed by atoms with van der Waals surface area (Å²) in [5.41, 5.74) is -0.120. The first-order valence-corrected chi connectivity index (χ1v) is 11.7. The van der Waals surface area contributed by atoms with Crippen LogP contribution in [-0.4, -0.2) is 47.5 Å². The number of aryl methyl sites for hydroxylation is 1. The van der Waals surface area contributed by atoms with Crippen LogP contribution in [-0.2, 0) is 24.9 Å². The van der Waals surface area contributed by atoms with Gasteiger partial charge in [-0.3, -0.25) is 18.7 Å². The summed E-state index contributed by atoms with van der Waals surface area (Å²) in [6, 6.07) is 4.73. The lowest BCUT2D eigenvalue weighted by Gasteiger charge is -2.27. The van der Waals surface area contributed by atoms with E-state index < -0.39 is 23.1 Å². The number of benzene rings is 1. The van der Waals surface area contributed by atoms with Gasteiger partial charge in [-0.2, -0.15) is 4.98 Å². The summed E-state index contributed by atoms with van der Waals surface area (Å²) >= 11 is 12.1. The number of aliphatic hydroxyl groups excluding tert-OH is 1. The molecule has 10 nitrogen and oxygen atoms in total. The van der Waals surface area contributed by atoms with Crippen LogP contribution in [0.3, 0.4) is 0 Å². The average molecular weight is 510 g/mol. The Balaban J connectivity index is 1.78. The van der Waals surface area contributed by atoms with Crippen molar-refractivity contribution >= 4 is 46.3 Å². The van der Waals surface area contributed by atoms with E-state index in [4.69, 9.17) is 23.2 Å². The third kappa shape index (κ3) is 4.57. The van der Waals surface area contributed by atoms with Crippen molar-refractivity contribution in [1.29, 1.82) is 0 Å². The van der Waals surface area contributed by atoms with Gasteiger partial charge in [-0.25, -0.2) is 4.79 Å². The molecule has 3 N–H and O–H groups in total. The second-order valence-corrected chi connectivity index (χ2v) is 9.32. The number of hydrogen-bond donors (Lipinski definition) is 3. The standard InChI is InChI=1S/C22H25Cl2N5O5/c1-27-18-17(19(31)29(22(27)34)11-12-5-6-15(23)16(24)9-12)28(7-8-30)21(26-18)25-14-4-2-3-13(10-14)20(32)33/h5-6,9,13-14,30H,2-4,7-8,10-11H2,1H3,(H,25,26)(H,32,33). The van der Waals surface area contributed by atoms with Crippen molar-refractivity contribution in [3.63, 3.8) is 0 Å². The van der Waals surface area contributed by atoms with Gasteiger partial charge in [0, 0.05) is 19.6 Å². The molecule has 0 spiro atoms. The van der Waals surface area contributed by atoms with Gasteiger partial charge in [-0.1, -0.05) is 35.7 Å². The molecule has 1 aliphatic carbocycles. The number of carboxylic acid groups (broad SMARTS) is 1. The number of carbonyl (C=O) groups is 1. The highest BCUT2D eigenvalue weighted by Crippen LogP contribution is 2.28. The second-order valence-electron chi connectivity index (χ2n) is 8.51.